The van der Waals surface area contributed by atoms with Crippen LogP contribution in [0, 0.1) is 11.3 Å². The zero-order valence-corrected chi connectivity index (χ0v) is 18.2. The molecule has 2 aromatic carbocycles. The highest BCUT2D eigenvalue weighted by molar-refractivity contribution is 7.89. The first kappa shape index (κ1) is 24.5. The lowest BCUT2D eigenvalue weighted by Gasteiger charge is -2.18. The van der Waals surface area contributed by atoms with Crippen molar-refractivity contribution < 1.29 is 28.2 Å². The van der Waals surface area contributed by atoms with Crippen molar-refractivity contribution in [2.24, 2.45) is 5.73 Å². The molecule has 11 heteroatoms. The van der Waals surface area contributed by atoms with E-state index >= 15 is 0 Å². The molecule has 2 rings (SSSR count). The molecule has 1 amide bonds. The van der Waals surface area contributed by atoms with Gasteiger partial charge in [-0.1, -0.05) is 12.1 Å². The van der Waals surface area contributed by atoms with E-state index in [0.717, 1.165) is 0 Å². The number of nitrogens with two attached hydrogens (primary N) is 2. The quantitative estimate of drug-likeness (QED) is 0.192. The van der Waals surface area contributed by atoms with Gasteiger partial charge in [-0.2, -0.15) is 5.26 Å². The lowest BCUT2D eigenvalue weighted by atomic mass is 10.0. The topological polar surface area (TPSA) is 177 Å². The summed E-state index contributed by atoms with van der Waals surface area (Å²) in [7, 11) is -3.98. The smallest absolute Gasteiger partial charge is 0.328 e. The van der Waals surface area contributed by atoms with Crippen LogP contribution in [0.4, 0.5) is 0 Å². The van der Waals surface area contributed by atoms with Crippen molar-refractivity contribution in [2.75, 3.05) is 13.2 Å². The molecule has 0 aliphatic carbocycles. The van der Waals surface area contributed by atoms with Crippen LogP contribution in [0.15, 0.2) is 53.4 Å². The van der Waals surface area contributed by atoms with E-state index in [1.165, 1.54) is 24.3 Å². The minimum Gasteiger partial charge on any atom is -0.464 e. The van der Waals surface area contributed by atoms with Gasteiger partial charge in [0.25, 0.3) is 5.84 Å². The molecule has 0 saturated carbocycles. The number of nitrogens with one attached hydrogen (secondary N) is 2. The van der Waals surface area contributed by atoms with Crippen LogP contribution in [-0.2, 0) is 30.8 Å². The molecule has 0 spiro atoms. The van der Waals surface area contributed by atoms with Crippen LogP contribution >= 0.6 is 0 Å². The van der Waals surface area contributed by atoms with Gasteiger partial charge < -0.3 is 10.1 Å². The summed E-state index contributed by atoms with van der Waals surface area (Å²) < 4.78 is 31.9. The summed E-state index contributed by atoms with van der Waals surface area (Å²) in [5.41, 5.74) is 7.18. The summed E-state index contributed by atoms with van der Waals surface area (Å²) in [5, 5.41) is 16.8. The van der Waals surface area contributed by atoms with Crippen LogP contribution in [-0.4, -0.2) is 45.3 Å². The van der Waals surface area contributed by atoms with Gasteiger partial charge in [0.15, 0.2) is 0 Å². The molecule has 6 N–H and O–H groups in total. The molecule has 1 atom stereocenters. The van der Waals surface area contributed by atoms with Crippen molar-refractivity contribution in [1.82, 2.24) is 10.0 Å². The third kappa shape index (κ3) is 6.90. The van der Waals surface area contributed by atoms with Crippen LogP contribution in [0.5, 0.6) is 0 Å². The normalized spacial score (nSPS) is 11.8. The molecule has 0 fully saturated rings. The Hall–Kier alpha value is -3.75. The first-order valence-electron chi connectivity index (χ1n) is 9.59. The van der Waals surface area contributed by atoms with E-state index in [4.69, 9.17) is 21.1 Å². The molecule has 10 nitrogen and oxygen atoms in total. The summed E-state index contributed by atoms with van der Waals surface area (Å²) in [6.07, 6.45) is 0.123. The number of ether oxygens (including phenoxy) is 1. The number of nitriles is 1. The van der Waals surface area contributed by atoms with Crippen molar-refractivity contribution in [3.05, 3.63) is 65.2 Å². The molecule has 0 aliphatic heterocycles. The Morgan fingerprint density at radius 3 is 2.31 bits per heavy atom. The minimum absolute atomic E-state index is 0.0951. The van der Waals surface area contributed by atoms with Crippen LogP contribution in [0.25, 0.3) is 0 Å². The van der Waals surface area contributed by atoms with E-state index in [1.54, 1.807) is 31.2 Å². The fraction of sp³-hybridized carbons (Fsp3) is 0.238. The number of amidine groups is 1. The average molecular weight is 459 g/mol. The number of hydrogen-bond donors (Lipinski definition) is 4. The summed E-state index contributed by atoms with van der Waals surface area (Å²) in [6.45, 7) is 1.17. The Kier molecular flexibility index (Phi) is 8.46. The maximum absolute atomic E-state index is 12.3. The van der Waals surface area contributed by atoms with Gasteiger partial charge in [-0.25, -0.2) is 17.9 Å². The maximum atomic E-state index is 12.3. The van der Waals surface area contributed by atoms with E-state index in [9.17, 15) is 18.0 Å². The third-order valence-electron chi connectivity index (χ3n) is 4.35. The number of carbonyl (C=O) groups excluding carboxylic acids is 2. The van der Waals surface area contributed by atoms with E-state index < -0.39 is 34.5 Å². The van der Waals surface area contributed by atoms with Crippen molar-refractivity contribution >= 4 is 27.7 Å². The zero-order chi connectivity index (χ0) is 23.7. The fourth-order valence-corrected chi connectivity index (χ4v) is 3.69. The molecule has 0 radical (unpaired) electrons. The Morgan fingerprint density at radius 1 is 1.16 bits per heavy atom. The van der Waals surface area contributed by atoms with Crippen molar-refractivity contribution in [3.63, 3.8) is 0 Å². The monoisotopic (exact) mass is 458 g/mol. The largest absolute Gasteiger partial charge is 0.464 e. The summed E-state index contributed by atoms with van der Waals surface area (Å²) in [5.74, 6) is -1.21. The zero-order valence-electron chi connectivity index (χ0n) is 17.4. The van der Waals surface area contributed by atoms with Crippen molar-refractivity contribution in [1.29, 1.82) is 5.26 Å². The van der Waals surface area contributed by atoms with Gasteiger partial charge in [-0.3, -0.25) is 15.9 Å². The molecular formula is C21H24N5O5S+. The number of rotatable bonds is 10. The molecule has 32 heavy (non-hydrogen) atoms. The van der Waals surface area contributed by atoms with E-state index in [2.05, 4.69) is 10.0 Å². The van der Waals surface area contributed by atoms with Crippen molar-refractivity contribution in [3.8, 4) is 6.07 Å². The molecule has 168 valence electrons. The van der Waals surface area contributed by atoms with E-state index in [1.807, 2.05) is 6.07 Å². The number of carbonyl (C=O) groups is 2. The Morgan fingerprint density at radius 2 is 1.78 bits per heavy atom. The Bertz CT molecular complexity index is 1120. The Labute approximate surface area is 185 Å². The van der Waals surface area contributed by atoms with Crippen LogP contribution in [0.2, 0.25) is 0 Å². The van der Waals surface area contributed by atoms with Crippen LogP contribution in [0.1, 0.15) is 23.6 Å². The first-order valence-corrected chi connectivity index (χ1v) is 11.1. The minimum atomic E-state index is -3.98. The fourth-order valence-electron chi connectivity index (χ4n) is 2.70. The molecular weight excluding hydrogens is 434 g/mol. The average Bonchev–Trinajstić information content (AvgIpc) is 2.78. The molecule has 0 aromatic heterocycles. The lowest BCUT2D eigenvalue weighted by Crippen LogP contribution is -2.47. The second kappa shape index (κ2) is 11.0. The SMILES string of the molecule is CCOC(=O)C(Cc1ccc(C(N)=[NH2+])cc1)NC(=O)CNS(=O)(=O)c1ccc(C#N)cc1. The van der Waals surface area contributed by atoms with Gasteiger partial charge in [-0.05, 0) is 48.9 Å². The first-order chi connectivity index (χ1) is 15.2. The van der Waals surface area contributed by atoms with Gasteiger partial charge in [0.05, 0.1) is 35.2 Å². The predicted molar refractivity (Wildman–Crippen MR) is 115 cm³/mol. The molecule has 1 unspecified atom stereocenters. The highest BCUT2D eigenvalue weighted by atomic mass is 32.2. The number of hydrogen-bond acceptors (Lipinski definition) is 6. The van der Waals surface area contributed by atoms with Gasteiger partial charge in [0.1, 0.15) is 6.04 Å². The molecule has 0 aliphatic rings. The third-order valence-corrected chi connectivity index (χ3v) is 5.77. The standard InChI is InChI=1S/C21H23N5O5S/c1-2-31-21(28)18(11-14-3-7-16(8-4-14)20(23)24)26-19(27)13-25-32(29,30)17-9-5-15(12-22)6-10-17/h3-10,18,25H,2,11,13H2,1H3,(H3,23,24)(H,26,27)/p+1. The Balaban J connectivity index is 2.04. The summed E-state index contributed by atoms with van der Waals surface area (Å²) in [6, 6.07) is 12.9. The second-order valence-electron chi connectivity index (χ2n) is 6.69. The van der Waals surface area contributed by atoms with Crippen LogP contribution < -0.4 is 21.2 Å². The summed E-state index contributed by atoms with van der Waals surface area (Å²) in [4.78, 5) is 24.5. The number of esters is 1. The highest BCUT2D eigenvalue weighted by Gasteiger charge is 2.24. The number of sulfonamides is 1. The number of benzene rings is 2. The van der Waals surface area contributed by atoms with E-state index in [0.29, 0.717) is 16.7 Å². The second-order valence-corrected chi connectivity index (χ2v) is 8.46. The van der Waals surface area contributed by atoms with Gasteiger partial charge >= 0.3 is 5.97 Å². The summed E-state index contributed by atoms with van der Waals surface area (Å²) >= 11 is 0. The number of nitrogens with zero attached hydrogens (tertiary/aromatic N) is 1. The molecule has 0 bridgehead atoms. The molecule has 0 heterocycles. The van der Waals surface area contributed by atoms with Gasteiger partial charge in [0.2, 0.25) is 15.9 Å². The predicted octanol–water partition coefficient (Wildman–Crippen LogP) is -1.41. The maximum Gasteiger partial charge on any atom is 0.328 e. The van der Waals surface area contributed by atoms with Gasteiger partial charge in [0, 0.05) is 6.42 Å². The highest BCUT2D eigenvalue weighted by Crippen LogP contribution is 2.10. The van der Waals surface area contributed by atoms with Crippen molar-refractivity contribution in [2.45, 2.75) is 24.3 Å². The van der Waals surface area contributed by atoms with E-state index in [-0.39, 0.29) is 23.8 Å². The van der Waals surface area contributed by atoms with Gasteiger partial charge in [-0.15, -0.1) is 0 Å². The lowest BCUT2D eigenvalue weighted by molar-refractivity contribution is -0.147. The molecule has 2 aromatic rings. The number of amides is 1. The van der Waals surface area contributed by atoms with Crippen LogP contribution in [0.3, 0.4) is 0 Å². The molecule has 0 saturated heterocycles.